The van der Waals surface area contributed by atoms with Crippen molar-refractivity contribution in [3.63, 3.8) is 0 Å². The van der Waals surface area contributed by atoms with Gasteiger partial charge in [0, 0.05) is 31.2 Å². The van der Waals surface area contributed by atoms with E-state index in [1.54, 1.807) is 7.11 Å². The van der Waals surface area contributed by atoms with Crippen LogP contribution in [0.4, 0.5) is 4.79 Å². The van der Waals surface area contributed by atoms with E-state index in [0.29, 0.717) is 13.1 Å². The Morgan fingerprint density at radius 1 is 1.22 bits per heavy atom. The second kappa shape index (κ2) is 9.60. The summed E-state index contributed by atoms with van der Waals surface area (Å²) >= 11 is 0. The van der Waals surface area contributed by atoms with Gasteiger partial charge in [-0.2, -0.15) is 0 Å². The molecule has 1 heterocycles. The first-order valence-electron chi connectivity index (χ1n) is 9.86. The number of hydrogen-bond acceptors (Lipinski definition) is 4. The molecule has 3 rings (SSSR count). The minimum absolute atomic E-state index is 0.00417. The summed E-state index contributed by atoms with van der Waals surface area (Å²) in [4.78, 5) is 26.7. The normalized spacial score (nSPS) is 20.8. The maximum atomic E-state index is 12.8. The van der Waals surface area contributed by atoms with E-state index in [1.165, 1.54) is 6.42 Å². The van der Waals surface area contributed by atoms with Crippen molar-refractivity contribution >= 4 is 11.9 Å². The van der Waals surface area contributed by atoms with Crippen LogP contribution in [-0.2, 0) is 4.79 Å². The summed E-state index contributed by atoms with van der Waals surface area (Å²) < 4.78 is 5.46. The van der Waals surface area contributed by atoms with Gasteiger partial charge < -0.3 is 25.6 Å². The third-order valence-corrected chi connectivity index (χ3v) is 5.40. The molecule has 7 nitrogen and oxygen atoms in total. The first kappa shape index (κ1) is 19.5. The molecule has 0 bridgehead atoms. The molecule has 1 saturated heterocycles. The van der Waals surface area contributed by atoms with Gasteiger partial charge in [-0.1, -0.05) is 37.5 Å². The molecule has 27 heavy (non-hydrogen) atoms. The minimum atomic E-state index is -0.251. The largest absolute Gasteiger partial charge is 0.496 e. The van der Waals surface area contributed by atoms with Crippen molar-refractivity contribution in [2.75, 3.05) is 33.3 Å². The fourth-order valence-corrected chi connectivity index (χ4v) is 3.96. The first-order valence-corrected chi connectivity index (χ1v) is 9.86. The Morgan fingerprint density at radius 2 is 2.00 bits per heavy atom. The summed E-state index contributed by atoms with van der Waals surface area (Å²) in [6.45, 7) is 2.02. The van der Waals surface area contributed by atoms with Crippen molar-refractivity contribution in [3.05, 3.63) is 29.8 Å². The second-order valence-corrected chi connectivity index (χ2v) is 7.21. The van der Waals surface area contributed by atoms with Gasteiger partial charge in [-0.15, -0.1) is 0 Å². The van der Waals surface area contributed by atoms with Gasteiger partial charge in [-0.3, -0.25) is 4.79 Å². The number of para-hydroxylation sites is 1. The van der Waals surface area contributed by atoms with E-state index < -0.39 is 0 Å². The van der Waals surface area contributed by atoms with Crippen molar-refractivity contribution in [1.82, 2.24) is 20.9 Å². The Hall–Kier alpha value is -2.28. The Morgan fingerprint density at radius 3 is 2.78 bits per heavy atom. The Labute approximate surface area is 160 Å². The van der Waals surface area contributed by atoms with E-state index in [4.69, 9.17) is 4.74 Å². The SMILES string of the molecule is COc1ccccc1C1CNCCN1C(=O)CNC(=O)NC1CCCCC1. The van der Waals surface area contributed by atoms with Gasteiger partial charge >= 0.3 is 6.03 Å². The van der Waals surface area contributed by atoms with Crippen LogP contribution in [0.15, 0.2) is 24.3 Å². The number of ether oxygens (including phenoxy) is 1. The number of urea groups is 1. The van der Waals surface area contributed by atoms with E-state index >= 15 is 0 Å². The van der Waals surface area contributed by atoms with Crippen LogP contribution in [-0.4, -0.2) is 56.2 Å². The Balaban J connectivity index is 1.57. The number of nitrogens with one attached hydrogen (secondary N) is 3. The minimum Gasteiger partial charge on any atom is -0.496 e. The lowest BCUT2D eigenvalue weighted by Gasteiger charge is -2.37. The van der Waals surface area contributed by atoms with Gasteiger partial charge in [0.15, 0.2) is 0 Å². The van der Waals surface area contributed by atoms with Crippen molar-refractivity contribution in [1.29, 1.82) is 0 Å². The lowest BCUT2D eigenvalue weighted by molar-refractivity contribution is -0.133. The van der Waals surface area contributed by atoms with Gasteiger partial charge in [0.2, 0.25) is 5.91 Å². The highest BCUT2D eigenvalue weighted by atomic mass is 16.5. The summed E-state index contributed by atoms with van der Waals surface area (Å²) in [5, 5.41) is 9.06. The fraction of sp³-hybridized carbons (Fsp3) is 0.600. The average molecular weight is 374 g/mol. The van der Waals surface area contributed by atoms with Gasteiger partial charge in [-0.25, -0.2) is 4.79 Å². The molecule has 3 N–H and O–H groups in total. The Bertz CT molecular complexity index is 646. The first-order chi connectivity index (χ1) is 13.2. The quantitative estimate of drug-likeness (QED) is 0.734. The molecule has 0 aromatic heterocycles. The molecule has 2 aliphatic rings. The van der Waals surface area contributed by atoms with Crippen LogP contribution in [0.1, 0.15) is 43.7 Å². The van der Waals surface area contributed by atoms with Crippen LogP contribution in [0, 0.1) is 0 Å². The number of nitrogens with zero attached hydrogens (tertiary/aromatic N) is 1. The number of rotatable bonds is 5. The predicted molar refractivity (Wildman–Crippen MR) is 104 cm³/mol. The molecule has 7 heteroatoms. The summed E-state index contributed by atoms with van der Waals surface area (Å²) in [6, 6.07) is 7.63. The van der Waals surface area contributed by atoms with E-state index in [0.717, 1.165) is 43.5 Å². The highest BCUT2D eigenvalue weighted by Crippen LogP contribution is 2.30. The molecule has 1 unspecified atom stereocenters. The number of amides is 3. The maximum Gasteiger partial charge on any atom is 0.315 e. The molecule has 1 aromatic rings. The van der Waals surface area contributed by atoms with Gasteiger partial charge in [0.25, 0.3) is 0 Å². The number of hydrogen-bond donors (Lipinski definition) is 3. The van der Waals surface area contributed by atoms with Crippen molar-refractivity contribution < 1.29 is 14.3 Å². The van der Waals surface area contributed by atoms with E-state index in [1.807, 2.05) is 29.2 Å². The van der Waals surface area contributed by atoms with Crippen LogP contribution in [0.2, 0.25) is 0 Å². The molecule has 1 atom stereocenters. The van der Waals surface area contributed by atoms with Crippen molar-refractivity contribution in [2.45, 2.75) is 44.2 Å². The topological polar surface area (TPSA) is 82.7 Å². The zero-order valence-corrected chi connectivity index (χ0v) is 16.0. The molecule has 0 spiro atoms. The van der Waals surface area contributed by atoms with E-state index in [9.17, 15) is 9.59 Å². The molecule has 3 amide bonds. The molecule has 1 aliphatic heterocycles. The smallest absolute Gasteiger partial charge is 0.315 e. The zero-order chi connectivity index (χ0) is 19.1. The fourth-order valence-electron chi connectivity index (χ4n) is 3.96. The van der Waals surface area contributed by atoms with E-state index in [2.05, 4.69) is 16.0 Å². The zero-order valence-electron chi connectivity index (χ0n) is 16.0. The number of piperazine rings is 1. The van der Waals surface area contributed by atoms with Crippen LogP contribution in [0.25, 0.3) is 0 Å². The number of methoxy groups -OCH3 is 1. The molecule has 0 radical (unpaired) electrons. The molecule has 1 saturated carbocycles. The molecule has 1 aliphatic carbocycles. The third kappa shape index (κ3) is 5.13. The van der Waals surface area contributed by atoms with Crippen LogP contribution in [0.5, 0.6) is 5.75 Å². The third-order valence-electron chi connectivity index (χ3n) is 5.40. The monoisotopic (exact) mass is 374 g/mol. The Kier molecular flexibility index (Phi) is 6.92. The summed E-state index contributed by atoms with van der Waals surface area (Å²) in [5.41, 5.74) is 0.979. The van der Waals surface area contributed by atoms with Crippen LogP contribution >= 0.6 is 0 Å². The maximum absolute atomic E-state index is 12.8. The second-order valence-electron chi connectivity index (χ2n) is 7.21. The molecular weight excluding hydrogens is 344 g/mol. The van der Waals surface area contributed by atoms with Gasteiger partial charge in [0.05, 0.1) is 19.7 Å². The summed E-state index contributed by atoms with van der Waals surface area (Å²) in [7, 11) is 1.64. The molecule has 148 valence electrons. The molecule has 2 fully saturated rings. The molecular formula is C20H30N4O3. The standard InChI is InChI=1S/C20H30N4O3/c1-27-18-10-6-5-9-16(18)17-13-21-11-12-24(17)19(25)14-22-20(26)23-15-7-3-2-4-8-15/h5-6,9-10,15,17,21H,2-4,7-8,11-14H2,1H3,(H2,22,23,26). The van der Waals surface area contributed by atoms with Crippen molar-refractivity contribution in [3.8, 4) is 5.75 Å². The summed E-state index contributed by atoms with van der Waals surface area (Å²) in [6.07, 6.45) is 5.60. The highest BCUT2D eigenvalue weighted by Gasteiger charge is 2.29. The number of carbonyl (C=O) groups is 2. The highest BCUT2D eigenvalue weighted by molar-refractivity contribution is 5.84. The van der Waals surface area contributed by atoms with Gasteiger partial charge in [0.1, 0.15) is 5.75 Å². The molecule has 1 aromatic carbocycles. The summed E-state index contributed by atoms with van der Waals surface area (Å²) in [5.74, 6) is 0.693. The van der Waals surface area contributed by atoms with E-state index in [-0.39, 0.29) is 30.6 Å². The number of benzene rings is 1. The lowest BCUT2D eigenvalue weighted by atomic mass is 9.96. The van der Waals surface area contributed by atoms with Crippen LogP contribution < -0.4 is 20.7 Å². The van der Waals surface area contributed by atoms with Crippen molar-refractivity contribution in [2.24, 2.45) is 0 Å². The lowest BCUT2D eigenvalue weighted by Crippen LogP contribution is -2.52. The average Bonchev–Trinajstić information content (AvgIpc) is 2.72. The van der Waals surface area contributed by atoms with Gasteiger partial charge in [-0.05, 0) is 18.9 Å². The van der Waals surface area contributed by atoms with Crippen LogP contribution in [0.3, 0.4) is 0 Å². The predicted octanol–water partition coefficient (Wildman–Crippen LogP) is 1.80. The number of carbonyl (C=O) groups excluding carboxylic acids is 2.